The van der Waals surface area contributed by atoms with E-state index in [4.69, 9.17) is 0 Å². The molecule has 5 heteroatoms. The van der Waals surface area contributed by atoms with E-state index in [0.29, 0.717) is 23.7 Å². The molecule has 1 saturated carbocycles. The number of piperidine rings is 1. The second-order valence-electron chi connectivity index (χ2n) is 5.00. The molecule has 0 aromatic carbocycles. The largest absolute Gasteiger partial charge is 0.348 e. The van der Waals surface area contributed by atoms with Crippen molar-refractivity contribution in [3.63, 3.8) is 0 Å². The van der Waals surface area contributed by atoms with Gasteiger partial charge in [-0.15, -0.1) is 11.8 Å². The van der Waals surface area contributed by atoms with Gasteiger partial charge in [-0.1, -0.05) is 0 Å². The summed E-state index contributed by atoms with van der Waals surface area (Å²) in [5.74, 6) is 0.561. The van der Waals surface area contributed by atoms with Crippen LogP contribution in [0, 0.1) is 5.92 Å². The molecule has 1 saturated heterocycles. The Hall–Kier alpha value is -1.07. The standard InChI is InChI=1S/C13H17N3OS/c1-18-10-2-3-14-12(6-10)13(17)16-11-5-9-4-8(11)7-15-9/h2-3,6,8-9,11,15H,4-5,7H2,1H3,(H,16,17). The van der Waals surface area contributed by atoms with Gasteiger partial charge in [0.15, 0.2) is 0 Å². The van der Waals surface area contributed by atoms with Gasteiger partial charge in [0.2, 0.25) is 0 Å². The van der Waals surface area contributed by atoms with Crippen LogP contribution in [0.15, 0.2) is 23.2 Å². The number of fused-ring (bicyclic) bond motifs is 2. The third kappa shape index (κ3) is 2.24. The van der Waals surface area contributed by atoms with Crippen molar-refractivity contribution >= 4 is 17.7 Å². The Bertz CT molecular complexity index is 465. The molecule has 1 amide bonds. The smallest absolute Gasteiger partial charge is 0.270 e. The lowest BCUT2D eigenvalue weighted by atomic mass is 10.0. The fourth-order valence-electron chi connectivity index (χ4n) is 2.92. The zero-order chi connectivity index (χ0) is 12.5. The minimum Gasteiger partial charge on any atom is -0.348 e. The maximum Gasteiger partial charge on any atom is 0.270 e. The SMILES string of the molecule is CSc1ccnc(C(=O)NC2CC3CC2CN3)c1. The topological polar surface area (TPSA) is 54.0 Å². The number of nitrogens with one attached hydrogen (secondary N) is 2. The molecule has 3 unspecified atom stereocenters. The third-order valence-electron chi connectivity index (χ3n) is 3.88. The average molecular weight is 263 g/mol. The number of hydrogen-bond donors (Lipinski definition) is 2. The summed E-state index contributed by atoms with van der Waals surface area (Å²) in [5, 5.41) is 6.57. The number of hydrogen-bond acceptors (Lipinski definition) is 4. The third-order valence-corrected chi connectivity index (χ3v) is 4.61. The summed E-state index contributed by atoms with van der Waals surface area (Å²) in [6.07, 6.45) is 5.95. The van der Waals surface area contributed by atoms with Crippen LogP contribution in [-0.4, -0.2) is 35.8 Å². The Morgan fingerprint density at radius 3 is 3.11 bits per heavy atom. The number of amides is 1. The number of nitrogens with zero attached hydrogens (tertiary/aromatic N) is 1. The van der Waals surface area contributed by atoms with Crippen LogP contribution >= 0.6 is 11.8 Å². The van der Waals surface area contributed by atoms with Crippen molar-refractivity contribution in [1.29, 1.82) is 0 Å². The zero-order valence-electron chi connectivity index (χ0n) is 10.3. The van der Waals surface area contributed by atoms with E-state index in [0.717, 1.165) is 17.9 Å². The van der Waals surface area contributed by atoms with Crippen molar-refractivity contribution in [2.45, 2.75) is 29.8 Å². The second kappa shape index (κ2) is 4.90. The predicted octanol–water partition coefficient (Wildman–Crippen LogP) is 1.28. The van der Waals surface area contributed by atoms with Gasteiger partial charge in [-0.3, -0.25) is 9.78 Å². The molecule has 2 aliphatic rings. The van der Waals surface area contributed by atoms with E-state index >= 15 is 0 Å². The number of rotatable bonds is 3. The number of carbonyl (C=O) groups is 1. The van der Waals surface area contributed by atoms with Crippen LogP contribution in [-0.2, 0) is 0 Å². The lowest BCUT2D eigenvalue weighted by Crippen LogP contribution is -2.44. The van der Waals surface area contributed by atoms with E-state index < -0.39 is 0 Å². The van der Waals surface area contributed by atoms with Gasteiger partial charge in [0.1, 0.15) is 5.69 Å². The maximum absolute atomic E-state index is 12.1. The number of thioether (sulfide) groups is 1. The zero-order valence-corrected chi connectivity index (χ0v) is 11.2. The van der Waals surface area contributed by atoms with Crippen LogP contribution in [0.5, 0.6) is 0 Å². The van der Waals surface area contributed by atoms with E-state index in [1.54, 1.807) is 18.0 Å². The molecule has 1 aliphatic heterocycles. The molecule has 3 atom stereocenters. The van der Waals surface area contributed by atoms with Crippen molar-refractivity contribution in [1.82, 2.24) is 15.6 Å². The maximum atomic E-state index is 12.1. The van der Waals surface area contributed by atoms with Crippen LogP contribution in [0.4, 0.5) is 0 Å². The summed E-state index contributed by atoms with van der Waals surface area (Å²) >= 11 is 1.63. The summed E-state index contributed by atoms with van der Waals surface area (Å²) in [5.41, 5.74) is 0.526. The number of pyridine rings is 1. The molecule has 96 valence electrons. The molecule has 1 aromatic heterocycles. The highest BCUT2D eigenvalue weighted by Crippen LogP contribution is 2.31. The van der Waals surface area contributed by atoms with Crippen molar-refractivity contribution < 1.29 is 4.79 Å². The molecule has 2 fully saturated rings. The molecule has 2 bridgehead atoms. The molecule has 0 spiro atoms. The van der Waals surface area contributed by atoms with Crippen molar-refractivity contribution in [3.8, 4) is 0 Å². The van der Waals surface area contributed by atoms with Crippen LogP contribution in [0.3, 0.4) is 0 Å². The summed E-state index contributed by atoms with van der Waals surface area (Å²) in [7, 11) is 0. The van der Waals surface area contributed by atoms with Crippen molar-refractivity contribution in [2.24, 2.45) is 5.92 Å². The van der Waals surface area contributed by atoms with Gasteiger partial charge in [-0.05, 0) is 37.1 Å². The molecule has 2 heterocycles. The first kappa shape index (κ1) is 12.0. The summed E-state index contributed by atoms with van der Waals surface area (Å²) in [6, 6.07) is 4.70. The van der Waals surface area contributed by atoms with Crippen LogP contribution < -0.4 is 10.6 Å². The molecule has 3 rings (SSSR count). The molecular weight excluding hydrogens is 246 g/mol. The molecule has 4 nitrogen and oxygen atoms in total. The van der Waals surface area contributed by atoms with E-state index in [-0.39, 0.29) is 5.91 Å². The summed E-state index contributed by atoms with van der Waals surface area (Å²) < 4.78 is 0. The van der Waals surface area contributed by atoms with Crippen LogP contribution in [0.2, 0.25) is 0 Å². The van der Waals surface area contributed by atoms with Gasteiger partial charge >= 0.3 is 0 Å². The molecule has 1 aromatic rings. The van der Waals surface area contributed by atoms with Crippen molar-refractivity contribution in [2.75, 3.05) is 12.8 Å². The first-order chi connectivity index (χ1) is 8.76. The Labute approximate surface area is 111 Å². The van der Waals surface area contributed by atoms with Gasteiger partial charge in [0.05, 0.1) is 0 Å². The Morgan fingerprint density at radius 1 is 1.56 bits per heavy atom. The highest BCUT2D eigenvalue weighted by atomic mass is 32.2. The lowest BCUT2D eigenvalue weighted by molar-refractivity contribution is 0.0919. The average Bonchev–Trinajstić information content (AvgIpc) is 3.01. The second-order valence-corrected chi connectivity index (χ2v) is 5.88. The van der Waals surface area contributed by atoms with Gasteiger partial charge in [0, 0.05) is 29.7 Å². The minimum absolute atomic E-state index is 0.0385. The van der Waals surface area contributed by atoms with Crippen molar-refractivity contribution in [3.05, 3.63) is 24.0 Å². The molecule has 2 N–H and O–H groups in total. The van der Waals surface area contributed by atoms with Gasteiger partial charge in [0.25, 0.3) is 5.91 Å². The van der Waals surface area contributed by atoms with Crippen LogP contribution in [0.25, 0.3) is 0 Å². The molecular formula is C13H17N3OS. The Balaban J connectivity index is 1.67. The van der Waals surface area contributed by atoms with Gasteiger partial charge < -0.3 is 10.6 Å². The Morgan fingerprint density at radius 2 is 2.44 bits per heavy atom. The fraction of sp³-hybridized carbons (Fsp3) is 0.538. The quantitative estimate of drug-likeness (QED) is 0.807. The Kier molecular flexibility index (Phi) is 3.26. The number of aromatic nitrogens is 1. The minimum atomic E-state index is -0.0385. The monoisotopic (exact) mass is 263 g/mol. The van der Waals surface area contributed by atoms with Crippen LogP contribution in [0.1, 0.15) is 23.3 Å². The number of carbonyl (C=O) groups excluding carboxylic acids is 1. The summed E-state index contributed by atoms with van der Waals surface area (Å²) in [4.78, 5) is 17.4. The molecule has 18 heavy (non-hydrogen) atoms. The predicted molar refractivity (Wildman–Crippen MR) is 71.8 cm³/mol. The van der Waals surface area contributed by atoms with E-state index in [1.807, 2.05) is 18.4 Å². The van der Waals surface area contributed by atoms with Gasteiger partial charge in [-0.25, -0.2) is 0 Å². The molecule has 1 aliphatic carbocycles. The van der Waals surface area contributed by atoms with Gasteiger partial charge in [-0.2, -0.15) is 0 Å². The van der Waals surface area contributed by atoms with E-state index in [1.165, 1.54) is 6.42 Å². The fourth-order valence-corrected chi connectivity index (χ4v) is 3.34. The highest BCUT2D eigenvalue weighted by molar-refractivity contribution is 7.98. The first-order valence-corrected chi connectivity index (χ1v) is 7.53. The summed E-state index contributed by atoms with van der Waals surface area (Å²) in [6.45, 7) is 1.04. The first-order valence-electron chi connectivity index (χ1n) is 6.30. The normalized spacial score (nSPS) is 29.5. The molecule has 0 radical (unpaired) electrons. The van der Waals surface area contributed by atoms with E-state index in [9.17, 15) is 4.79 Å². The lowest BCUT2D eigenvalue weighted by Gasteiger charge is -2.23. The highest BCUT2D eigenvalue weighted by Gasteiger charge is 2.40. The van der Waals surface area contributed by atoms with E-state index in [2.05, 4.69) is 15.6 Å².